The number of carbonyl (C=O) groups is 2. The van der Waals surface area contributed by atoms with Crippen molar-refractivity contribution in [1.82, 2.24) is 14.8 Å². The summed E-state index contributed by atoms with van der Waals surface area (Å²) in [6, 6.07) is 1.64. The van der Waals surface area contributed by atoms with Gasteiger partial charge in [-0.1, -0.05) is 0 Å². The van der Waals surface area contributed by atoms with E-state index in [4.69, 9.17) is 17.2 Å². The number of hydrogen-bond donors (Lipinski definition) is 3. The van der Waals surface area contributed by atoms with Crippen LogP contribution in [0.25, 0.3) is 5.82 Å². The van der Waals surface area contributed by atoms with Crippen molar-refractivity contribution >= 4 is 17.5 Å². The third-order valence-corrected chi connectivity index (χ3v) is 2.58. The largest absolute Gasteiger partial charge is 0.396 e. The normalized spacial score (nSPS) is 10.4. The predicted molar refractivity (Wildman–Crippen MR) is 67.5 cm³/mol. The molecule has 2 aromatic rings. The topological polar surface area (TPSA) is 143 Å². The van der Waals surface area contributed by atoms with Gasteiger partial charge in [-0.25, -0.2) is 9.67 Å². The lowest BCUT2D eigenvalue weighted by molar-refractivity contribution is 0.0990. The van der Waals surface area contributed by atoms with Crippen LogP contribution in [0.15, 0.2) is 18.5 Å². The Balaban J connectivity index is 2.66. The van der Waals surface area contributed by atoms with Crippen molar-refractivity contribution in [2.75, 3.05) is 5.73 Å². The van der Waals surface area contributed by atoms with E-state index in [0.29, 0.717) is 5.56 Å². The fourth-order valence-electron chi connectivity index (χ4n) is 1.71. The summed E-state index contributed by atoms with van der Waals surface area (Å²) in [5.41, 5.74) is 16.9. The molecule has 0 fully saturated rings. The van der Waals surface area contributed by atoms with Gasteiger partial charge in [-0.05, 0) is 18.6 Å². The van der Waals surface area contributed by atoms with Crippen molar-refractivity contribution in [3.8, 4) is 5.82 Å². The maximum absolute atomic E-state index is 11.5. The summed E-state index contributed by atoms with van der Waals surface area (Å²) in [6.45, 7) is 1.72. The highest BCUT2D eigenvalue weighted by Gasteiger charge is 2.18. The van der Waals surface area contributed by atoms with E-state index in [9.17, 15) is 9.59 Å². The molecule has 0 aliphatic carbocycles. The number of anilines is 1. The van der Waals surface area contributed by atoms with Crippen LogP contribution in [0, 0.1) is 6.92 Å². The molecule has 98 valence electrons. The Hall–Kier alpha value is -2.90. The first-order chi connectivity index (χ1) is 8.91. The van der Waals surface area contributed by atoms with Gasteiger partial charge in [0.1, 0.15) is 0 Å². The summed E-state index contributed by atoms with van der Waals surface area (Å²) in [6.07, 6.45) is 2.85. The molecule has 2 aromatic heterocycles. The molecule has 2 heterocycles. The van der Waals surface area contributed by atoms with Gasteiger partial charge in [0.2, 0.25) is 0 Å². The minimum atomic E-state index is -0.760. The van der Waals surface area contributed by atoms with Crippen LogP contribution in [0.5, 0.6) is 0 Å². The molecule has 0 saturated carbocycles. The molecule has 0 aliphatic rings. The fourth-order valence-corrected chi connectivity index (χ4v) is 1.71. The van der Waals surface area contributed by atoms with Gasteiger partial charge < -0.3 is 17.2 Å². The molecule has 0 saturated heterocycles. The van der Waals surface area contributed by atoms with E-state index in [-0.39, 0.29) is 22.8 Å². The number of amides is 2. The summed E-state index contributed by atoms with van der Waals surface area (Å²) < 4.78 is 1.21. The summed E-state index contributed by atoms with van der Waals surface area (Å²) in [5, 5.41) is 3.91. The molecular weight excluding hydrogens is 248 g/mol. The van der Waals surface area contributed by atoms with Crippen molar-refractivity contribution in [3.05, 3.63) is 35.3 Å². The van der Waals surface area contributed by atoms with E-state index >= 15 is 0 Å². The molecule has 19 heavy (non-hydrogen) atoms. The Morgan fingerprint density at radius 3 is 2.47 bits per heavy atom. The van der Waals surface area contributed by atoms with E-state index in [1.807, 2.05) is 0 Å². The summed E-state index contributed by atoms with van der Waals surface area (Å²) in [5.74, 6) is -1.20. The predicted octanol–water partition coefficient (Wildman–Crippen LogP) is -0.644. The molecule has 8 heteroatoms. The van der Waals surface area contributed by atoms with Gasteiger partial charge in [0, 0.05) is 6.20 Å². The molecule has 0 radical (unpaired) electrons. The average Bonchev–Trinajstić information content (AvgIpc) is 2.70. The standard InChI is InChI=1S/C11H12N6O2/c1-5-2-3-15-11(7(5)9(13)18)17-4-6(12)8(16-17)10(14)19/h2-4H,12H2,1H3,(H2,13,18)(H2,14,19). The average molecular weight is 260 g/mol. The van der Waals surface area contributed by atoms with Crippen LogP contribution in [0.1, 0.15) is 26.4 Å². The molecule has 0 spiro atoms. The van der Waals surface area contributed by atoms with Gasteiger partial charge in [0.25, 0.3) is 11.8 Å². The molecule has 0 bridgehead atoms. The zero-order chi connectivity index (χ0) is 14.2. The lowest BCUT2D eigenvalue weighted by Crippen LogP contribution is -2.18. The second-order valence-electron chi connectivity index (χ2n) is 3.93. The highest BCUT2D eigenvalue weighted by molar-refractivity contribution is 5.98. The van der Waals surface area contributed by atoms with Gasteiger partial charge >= 0.3 is 0 Å². The number of pyridine rings is 1. The maximum atomic E-state index is 11.5. The van der Waals surface area contributed by atoms with Crippen molar-refractivity contribution in [2.45, 2.75) is 6.92 Å². The van der Waals surface area contributed by atoms with Gasteiger partial charge in [0.15, 0.2) is 11.5 Å². The molecule has 2 amide bonds. The van der Waals surface area contributed by atoms with E-state index in [1.165, 1.54) is 17.1 Å². The number of nitrogen functional groups attached to an aromatic ring is 1. The Morgan fingerprint density at radius 2 is 1.95 bits per heavy atom. The Morgan fingerprint density at radius 1 is 1.26 bits per heavy atom. The quantitative estimate of drug-likeness (QED) is 0.672. The Kier molecular flexibility index (Phi) is 2.91. The maximum Gasteiger partial charge on any atom is 0.271 e. The minimum Gasteiger partial charge on any atom is -0.396 e. The number of nitrogens with two attached hydrogens (primary N) is 3. The second-order valence-corrected chi connectivity index (χ2v) is 3.93. The number of primary amides is 2. The molecule has 2 rings (SSSR count). The Labute approximate surface area is 108 Å². The lowest BCUT2D eigenvalue weighted by atomic mass is 10.1. The smallest absolute Gasteiger partial charge is 0.271 e. The van der Waals surface area contributed by atoms with Gasteiger partial charge in [-0.2, -0.15) is 5.10 Å². The van der Waals surface area contributed by atoms with E-state index < -0.39 is 11.8 Å². The monoisotopic (exact) mass is 260 g/mol. The van der Waals surface area contributed by atoms with Crippen LogP contribution < -0.4 is 17.2 Å². The Bertz CT molecular complexity index is 676. The lowest BCUT2D eigenvalue weighted by Gasteiger charge is -2.07. The third-order valence-electron chi connectivity index (χ3n) is 2.58. The number of aryl methyl sites for hydroxylation is 1. The number of aromatic nitrogens is 3. The zero-order valence-corrected chi connectivity index (χ0v) is 10.1. The molecule has 0 unspecified atom stereocenters. The van der Waals surface area contributed by atoms with Crippen LogP contribution >= 0.6 is 0 Å². The first-order valence-corrected chi connectivity index (χ1v) is 5.32. The van der Waals surface area contributed by atoms with Crippen molar-refractivity contribution in [2.24, 2.45) is 11.5 Å². The molecule has 8 nitrogen and oxygen atoms in total. The molecule has 6 N–H and O–H groups in total. The van der Waals surface area contributed by atoms with Crippen LogP contribution in [0.3, 0.4) is 0 Å². The molecule has 0 aliphatic heterocycles. The molecular formula is C11H12N6O2. The summed E-state index contributed by atoms with van der Waals surface area (Å²) in [4.78, 5) is 26.6. The van der Waals surface area contributed by atoms with Crippen molar-refractivity contribution in [3.63, 3.8) is 0 Å². The van der Waals surface area contributed by atoms with Crippen LogP contribution in [0.4, 0.5) is 5.69 Å². The van der Waals surface area contributed by atoms with Crippen LogP contribution in [0.2, 0.25) is 0 Å². The van der Waals surface area contributed by atoms with Gasteiger partial charge in [-0.3, -0.25) is 9.59 Å². The van der Waals surface area contributed by atoms with Crippen LogP contribution in [-0.4, -0.2) is 26.6 Å². The van der Waals surface area contributed by atoms with Crippen LogP contribution in [-0.2, 0) is 0 Å². The van der Waals surface area contributed by atoms with Gasteiger partial charge in [0.05, 0.1) is 17.4 Å². The van der Waals surface area contributed by atoms with E-state index in [2.05, 4.69) is 10.1 Å². The minimum absolute atomic E-state index is 0.0845. The molecule has 0 aromatic carbocycles. The highest BCUT2D eigenvalue weighted by Crippen LogP contribution is 2.18. The highest BCUT2D eigenvalue weighted by atomic mass is 16.1. The zero-order valence-electron chi connectivity index (χ0n) is 10.1. The first-order valence-electron chi connectivity index (χ1n) is 5.32. The van der Waals surface area contributed by atoms with Crippen molar-refractivity contribution in [1.29, 1.82) is 0 Å². The molecule has 0 atom stereocenters. The number of rotatable bonds is 3. The van der Waals surface area contributed by atoms with E-state index in [0.717, 1.165) is 0 Å². The SMILES string of the molecule is Cc1ccnc(-n2cc(N)c(C(N)=O)n2)c1C(N)=O. The van der Waals surface area contributed by atoms with Gasteiger partial charge in [-0.15, -0.1) is 0 Å². The van der Waals surface area contributed by atoms with E-state index in [1.54, 1.807) is 13.0 Å². The fraction of sp³-hybridized carbons (Fsp3) is 0.0909. The first kappa shape index (κ1) is 12.6. The second kappa shape index (κ2) is 4.41. The number of nitrogens with zero attached hydrogens (tertiary/aromatic N) is 3. The number of carbonyl (C=O) groups excluding carboxylic acids is 2. The summed E-state index contributed by atoms with van der Waals surface area (Å²) in [7, 11) is 0. The number of hydrogen-bond acceptors (Lipinski definition) is 5. The van der Waals surface area contributed by atoms with Crippen molar-refractivity contribution < 1.29 is 9.59 Å². The summed E-state index contributed by atoms with van der Waals surface area (Å²) >= 11 is 0. The third kappa shape index (κ3) is 2.10.